The Morgan fingerprint density at radius 1 is 1.61 bits per heavy atom. The average molecular weight is 269 g/mol. The molecule has 2 N–H and O–H groups in total. The maximum Gasteiger partial charge on any atom is 0.411 e. The van der Waals surface area contributed by atoms with Gasteiger partial charge in [0.2, 0.25) is 0 Å². The van der Waals surface area contributed by atoms with Crippen molar-refractivity contribution in [3.8, 4) is 0 Å². The number of nitrogens with one attached hydrogen (secondary N) is 2. The van der Waals surface area contributed by atoms with Crippen molar-refractivity contribution in [3.63, 3.8) is 0 Å². The Kier molecular flexibility index (Phi) is 4.44. The summed E-state index contributed by atoms with van der Waals surface area (Å²) in [7, 11) is 0. The highest BCUT2D eigenvalue weighted by Crippen LogP contribution is 2.20. The number of benzene rings is 1. The predicted molar refractivity (Wildman–Crippen MR) is 72.2 cm³/mol. The molecule has 2 rings (SSSR count). The Hall–Kier alpha value is -1.26. The first-order valence-electron chi connectivity index (χ1n) is 6.08. The SMILES string of the molecule is Cc1ccc(NC(=O)OCC2CCCN2)cc1Cl. The lowest BCUT2D eigenvalue weighted by Gasteiger charge is -2.12. The number of amides is 1. The second-order valence-electron chi connectivity index (χ2n) is 4.48. The van der Waals surface area contributed by atoms with E-state index in [1.165, 1.54) is 0 Å². The molecule has 1 aromatic rings. The van der Waals surface area contributed by atoms with Gasteiger partial charge >= 0.3 is 6.09 Å². The van der Waals surface area contributed by atoms with E-state index >= 15 is 0 Å². The molecular weight excluding hydrogens is 252 g/mol. The zero-order chi connectivity index (χ0) is 13.0. The molecule has 18 heavy (non-hydrogen) atoms. The molecule has 0 radical (unpaired) electrons. The highest BCUT2D eigenvalue weighted by atomic mass is 35.5. The Morgan fingerprint density at radius 2 is 2.44 bits per heavy atom. The van der Waals surface area contributed by atoms with Crippen LogP contribution in [0.5, 0.6) is 0 Å². The molecule has 1 aliphatic heterocycles. The average Bonchev–Trinajstić information content (AvgIpc) is 2.84. The van der Waals surface area contributed by atoms with Crippen molar-refractivity contribution in [1.82, 2.24) is 5.32 Å². The minimum absolute atomic E-state index is 0.289. The summed E-state index contributed by atoms with van der Waals surface area (Å²) in [5, 5.41) is 6.56. The maximum absolute atomic E-state index is 11.6. The number of hydrogen-bond acceptors (Lipinski definition) is 3. The topological polar surface area (TPSA) is 50.4 Å². The largest absolute Gasteiger partial charge is 0.448 e. The van der Waals surface area contributed by atoms with Crippen LogP contribution in [0, 0.1) is 6.92 Å². The first-order chi connectivity index (χ1) is 8.65. The summed E-state index contributed by atoms with van der Waals surface area (Å²) in [6.07, 6.45) is 1.76. The highest BCUT2D eigenvalue weighted by Gasteiger charge is 2.15. The summed E-state index contributed by atoms with van der Waals surface area (Å²) in [6.45, 7) is 3.32. The fourth-order valence-corrected chi connectivity index (χ4v) is 2.08. The molecule has 1 aromatic carbocycles. The van der Waals surface area contributed by atoms with Crippen LogP contribution < -0.4 is 10.6 Å². The molecule has 0 aromatic heterocycles. The van der Waals surface area contributed by atoms with E-state index in [1.54, 1.807) is 12.1 Å². The molecule has 98 valence electrons. The van der Waals surface area contributed by atoms with Crippen molar-refractivity contribution in [2.75, 3.05) is 18.5 Å². The Morgan fingerprint density at radius 3 is 3.11 bits per heavy atom. The van der Waals surface area contributed by atoms with E-state index in [2.05, 4.69) is 10.6 Å². The number of aryl methyl sites for hydroxylation is 1. The third-order valence-corrected chi connectivity index (χ3v) is 3.40. The number of carbonyl (C=O) groups excluding carboxylic acids is 1. The second-order valence-corrected chi connectivity index (χ2v) is 4.89. The number of hydrogen-bond donors (Lipinski definition) is 2. The van der Waals surface area contributed by atoms with Gasteiger partial charge in [-0.3, -0.25) is 5.32 Å². The summed E-state index contributed by atoms with van der Waals surface area (Å²) in [5.74, 6) is 0. The number of anilines is 1. The first kappa shape index (κ1) is 13.2. The molecule has 1 fully saturated rings. The minimum atomic E-state index is -0.441. The molecule has 0 aliphatic carbocycles. The maximum atomic E-state index is 11.6. The summed E-state index contributed by atoms with van der Waals surface area (Å²) < 4.78 is 5.14. The Balaban J connectivity index is 1.80. The van der Waals surface area contributed by atoms with Crippen LogP contribution in [-0.2, 0) is 4.74 Å². The molecule has 1 saturated heterocycles. The molecule has 5 heteroatoms. The van der Waals surface area contributed by atoms with Crippen LogP contribution in [0.3, 0.4) is 0 Å². The van der Waals surface area contributed by atoms with Crippen LogP contribution in [0.25, 0.3) is 0 Å². The number of carbonyl (C=O) groups is 1. The third-order valence-electron chi connectivity index (χ3n) is 3.00. The van der Waals surface area contributed by atoms with Crippen molar-refractivity contribution < 1.29 is 9.53 Å². The molecule has 1 amide bonds. The second kappa shape index (κ2) is 6.07. The van der Waals surface area contributed by atoms with E-state index in [9.17, 15) is 4.79 Å². The zero-order valence-electron chi connectivity index (χ0n) is 10.3. The van der Waals surface area contributed by atoms with E-state index in [0.717, 1.165) is 24.9 Å². The van der Waals surface area contributed by atoms with Gasteiger partial charge < -0.3 is 10.1 Å². The van der Waals surface area contributed by atoms with Crippen molar-refractivity contribution >= 4 is 23.4 Å². The number of ether oxygens (including phenoxy) is 1. The molecule has 1 atom stereocenters. The smallest absolute Gasteiger partial charge is 0.411 e. The van der Waals surface area contributed by atoms with Gasteiger partial charge in [-0.15, -0.1) is 0 Å². The normalized spacial score (nSPS) is 18.7. The van der Waals surface area contributed by atoms with Crippen molar-refractivity contribution in [2.24, 2.45) is 0 Å². The molecule has 0 bridgehead atoms. The van der Waals surface area contributed by atoms with Crippen LogP contribution >= 0.6 is 11.6 Å². The molecular formula is C13H17ClN2O2. The monoisotopic (exact) mass is 268 g/mol. The lowest BCUT2D eigenvalue weighted by Crippen LogP contribution is -2.29. The van der Waals surface area contributed by atoms with E-state index in [1.807, 2.05) is 13.0 Å². The van der Waals surface area contributed by atoms with Gasteiger partial charge in [-0.05, 0) is 44.0 Å². The molecule has 4 nitrogen and oxygen atoms in total. The van der Waals surface area contributed by atoms with Crippen LogP contribution in [0.2, 0.25) is 5.02 Å². The summed E-state index contributed by atoms with van der Waals surface area (Å²) in [6, 6.07) is 5.66. The summed E-state index contributed by atoms with van der Waals surface area (Å²) >= 11 is 5.98. The van der Waals surface area contributed by atoms with E-state index < -0.39 is 6.09 Å². The molecule has 1 aliphatic rings. The van der Waals surface area contributed by atoms with E-state index in [4.69, 9.17) is 16.3 Å². The van der Waals surface area contributed by atoms with Crippen LogP contribution in [0.15, 0.2) is 18.2 Å². The summed E-state index contributed by atoms with van der Waals surface area (Å²) in [5.41, 5.74) is 1.63. The molecule has 1 unspecified atom stereocenters. The fourth-order valence-electron chi connectivity index (χ4n) is 1.90. The van der Waals surface area contributed by atoms with Gasteiger partial charge in [0.05, 0.1) is 0 Å². The van der Waals surface area contributed by atoms with Crippen molar-refractivity contribution in [3.05, 3.63) is 28.8 Å². The summed E-state index contributed by atoms with van der Waals surface area (Å²) in [4.78, 5) is 11.6. The van der Waals surface area contributed by atoms with Crippen molar-refractivity contribution in [1.29, 1.82) is 0 Å². The Labute approximate surface area is 112 Å². The van der Waals surface area contributed by atoms with Gasteiger partial charge in [0.15, 0.2) is 0 Å². The first-order valence-corrected chi connectivity index (χ1v) is 6.46. The van der Waals surface area contributed by atoms with Crippen LogP contribution in [-0.4, -0.2) is 25.3 Å². The van der Waals surface area contributed by atoms with Crippen LogP contribution in [0.4, 0.5) is 10.5 Å². The van der Waals surface area contributed by atoms with E-state index in [-0.39, 0.29) is 6.04 Å². The number of halogens is 1. The number of rotatable bonds is 3. The van der Waals surface area contributed by atoms with Gasteiger partial charge in [-0.25, -0.2) is 4.79 Å². The third kappa shape index (κ3) is 3.62. The quantitative estimate of drug-likeness (QED) is 0.886. The van der Waals surface area contributed by atoms with Gasteiger partial charge in [-0.1, -0.05) is 17.7 Å². The molecule has 0 spiro atoms. The molecule has 1 heterocycles. The predicted octanol–water partition coefficient (Wildman–Crippen LogP) is 2.95. The highest BCUT2D eigenvalue weighted by molar-refractivity contribution is 6.31. The minimum Gasteiger partial charge on any atom is -0.448 e. The van der Waals surface area contributed by atoms with Gasteiger partial charge in [-0.2, -0.15) is 0 Å². The Bertz CT molecular complexity index is 431. The lowest BCUT2D eigenvalue weighted by atomic mass is 10.2. The fraction of sp³-hybridized carbons (Fsp3) is 0.462. The van der Waals surface area contributed by atoms with E-state index in [0.29, 0.717) is 17.3 Å². The standard InChI is InChI=1S/C13H17ClN2O2/c1-9-4-5-10(7-12(9)14)16-13(17)18-8-11-3-2-6-15-11/h4-5,7,11,15H,2-3,6,8H2,1H3,(H,16,17). The zero-order valence-corrected chi connectivity index (χ0v) is 11.1. The van der Waals surface area contributed by atoms with Gasteiger partial charge in [0.25, 0.3) is 0 Å². The van der Waals surface area contributed by atoms with Gasteiger partial charge in [0.1, 0.15) is 6.61 Å². The van der Waals surface area contributed by atoms with Crippen LogP contribution in [0.1, 0.15) is 18.4 Å². The lowest BCUT2D eigenvalue weighted by molar-refractivity contribution is 0.151. The van der Waals surface area contributed by atoms with Gasteiger partial charge in [0, 0.05) is 16.8 Å². The van der Waals surface area contributed by atoms with Crippen molar-refractivity contribution in [2.45, 2.75) is 25.8 Å². The molecule has 0 saturated carbocycles.